The van der Waals surface area contributed by atoms with Crippen molar-refractivity contribution in [2.75, 3.05) is 5.32 Å². The van der Waals surface area contributed by atoms with Crippen LogP contribution in [0.15, 0.2) is 47.4 Å². The highest BCUT2D eigenvalue weighted by atomic mass is 16.5. The number of benzene rings is 1. The maximum absolute atomic E-state index is 12.0. The Morgan fingerprint density at radius 3 is 3.10 bits per heavy atom. The van der Waals surface area contributed by atoms with Gasteiger partial charge >= 0.3 is 0 Å². The second-order valence-electron chi connectivity index (χ2n) is 4.57. The normalized spacial score (nSPS) is 12.4. The molecule has 1 aromatic carbocycles. The van der Waals surface area contributed by atoms with Crippen LogP contribution in [0.5, 0.6) is 0 Å². The topological polar surface area (TPSA) is 96.9 Å². The van der Waals surface area contributed by atoms with Gasteiger partial charge in [-0.3, -0.25) is 4.79 Å². The van der Waals surface area contributed by atoms with Gasteiger partial charge in [0.25, 0.3) is 0 Å². The first-order valence-electron chi connectivity index (χ1n) is 6.25. The molecule has 0 aliphatic heterocycles. The molecule has 0 saturated carbocycles. The van der Waals surface area contributed by atoms with Crippen molar-refractivity contribution in [2.45, 2.75) is 12.5 Å². The van der Waals surface area contributed by atoms with Crippen molar-refractivity contribution in [2.24, 2.45) is 5.73 Å². The number of aromatic amines is 1. The third-order valence-electron chi connectivity index (χ3n) is 3.15. The Morgan fingerprint density at radius 2 is 2.30 bits per heavy atom. The Kier molecular flexibility index (Phi) is 3.22. The molecule has 3 rings (SSSR count). The lowest BCUT2D eigenvalue weighted by molar-refractivity contribution is -0.117. The summed E-state index contributed by atoms with van der Waals surface area (Å²) >= 11 is 0. The van der Waals surface area contributed by atoms with E-state index in [1.807, 2.05) is 30.5 Å². The Hall–Kier alpha value is -2.60. The summed E-state index contributed by atoms with van der Waals surface area (Å²) in [6.07, 6.45) is 5.13. The molecule has 4 N–H and O–H groups in total. The van der Waals surface area contributed by atoms with Crippen molar-refractivity contribution >= 4 is 22.5 Å². The van der Waals surface area contributed by atoms with E-state index in [4.69, 9.17) is 5.73 Å². The zero-order chi connectivity index (χ0) is 13.9. The smallest absolute Gasteiger partial charge is 0.241 e. The highest BCUT2D eigenvalue weighted by Gasteiger charge is 2.16. The minimum atomic E-state index is -0.635. The molecule has 0 spiro atoms. The van der Waals surface area contributed by atoms with Crippen LogP contribution < -0.4 is 11.1 Å². The van der Waals surface area contributed by atoms with Crippen LogP contribution in [0.2, 0.25) is 0 Å². The van der Waals surface area contributed by atoms with Crippen LogP contribution in [-0.4, -0.2) is 22.1 Å². The van der Waals surface area contributed by atoms with Crippen molar-refractivity contribution in [3.8, 4) is 0 Å². The molecule has 0 aliphatic carbocycles. The number of anilines is 1. The number of hydrogen-bond donors (Lipinski definition) is 3. The summed E-state index contributed by atoms with van der Waals surface area (Å²) in [6, 6.07) is 7.28. The molecule has 0 saturated heterocycles. The molecule has 0 fully saturated rings. The Bertz CT molecular complexity index is 718. The Morgan fingerprint density at radius 1 is 1.45 bits per heavy atom. The number of H-pyrrole nitrogens is 1. The number of rotatable bonds is 4. The monoisotopic (exact) mass is 270 g/mol. The first kappa shape index (κ1) is 12.4. The fourth-order valence-corrected chi connectivity index (χ4v) is 2.13. The molecule has 1 atom stereocenters. The lowest BCUT2D eigenvalue weighted by Crippen LogP contribution is -2.37. The minimum absolute atomic E-state index is 0.265. The number of nitrogens with one attached hydrogen (secondary N) is 2. The Labute approximate surface area is 114 Å². The van der Waals surface area contributed by atoms with Gasteiger partial charge in [-0.15, -0.1) is 0 Å². The lowest BCUT2D eigenvalue weighted by Gasteiger charge is -2.10. The van der Waals surface area contributed by atoms with E-state index in [2.05, 4.69) is 20.0 Å². The molecule has 20 heavy (non-hydrogen) atoms. The van der Waals surface area contributed by atoms with E-state index in [1.54, 1.807) is 0 Å². The summed E-state index contributed by atoms with van der Waals surface area (Å²) in [6.45, 7) is 0. The number of aromatic nitrogens is 2. The van der Waals surface area contributed by atoms with Crippen LogP contribution in [-0.2, 0) is 11.2 Å². The SMILES string of the molecule is N[C@@H](Cc1c[nH]c2ccccc12)C(=O)Nc1cnoc1. The number of nitrogens with zero attached hydrogens (tertiary/aromatic N) is 1. The van der Waals surface area contributed by atoms with Crippen LogP contribution in [0.4, 0.5) is 5.69 Å². The summed E-state index contributed by atoms with van der Waals surface area (Å²) in [7, 11) is 0. The molecule has 0 radical (unpaired) electrons. The molecule has 6 nitrogen and oxygen atoms in total. The summed E-state index contributed by atoms with van der Waals surface area (Å²) < 4.78 is 4.65. The lowest BCUT2D eigenvalue weighted by atomic mass is 10.1. The fraction of sp³-hybridized carbons (Fsp3) is 0.143. The van der Waals surface area contributed by atoms with Gasteiger partial charge in [-0.25, -0.2) is 0 Å². The van der Waals surface area contributed by atoms with Gasteiger partial charge < -0.3 is 20.6 Å². The standard InChI is InChI=1S/C14H14N4O2/c15-12(14(19)18-10-7-17-20-8-10)5-9-6-16-13-4-2-1-3-11(9)13/h1-4,6-8,12,16H,5,15H2,(H,18,19)/t12-/m0/s1. The number of hydrogen-bond acceptors (Lipinski definition) is 4. The highest BCUT2D eigenvalue weighted by molar-refractivity contribution is 5.95. The van der Waals surface area contributed by atoms with E-state index in [9.17, 15) is 4.79 Å². The van der Waals surface area contributed by atoms with Gasteiger partial charge in [0.1, 0.15) is 12.0 Å². The average molecular weight is 270 g/mol. The zero-order valence-corrected chi connectivity index (χ0v) is 10.7. The number of para-hydroxylation sites is 1. The molecule has 0 unspecified atom stereocenters. The van der Waals surface area contributed by atoms with Gasteiger partial charge in [0.05, 0.1) is 12.2 Å². The van der Waals surface area contributed by atoms with E-state index in [1.165, 1.54) is 12.5 Å². The van der Waals surface area contributed by atoms with Crippen LogP contribution in [0.3, 0.4) is 0 Å². The second-order valence-corrected chi connectivity index (χ2v) is 4.57. The van der Waals surface area contributed by atoms with E-state index in [-0.39, 0.29) is 5.91 Å². The molecule has 6 heteroatoms. The largest absolute Gasteiger partial charge is 0.363 e. The van der Waals surface area contributed by atoms with Crippen molar-refractivity contribution in [1.82, 2.24) is 10.1 Å². The molecule has 1 amide bonds. The van der Waals surface area contributed by atoms with E-state index >= 15 is 0 Å². The molecular weight excluding hydrogens is 256 g/mol. The van der Waals surface area contributed by atoms with Crippen molar-refractivity contribution in [3.63, 3.8) is 0 Å². The van der Waals surface area contributed by atoms with Gasteiger partial charge in [-0.2, -0.15) is 0 Å². The summed E-state index contributed by atoms with van der Waals surface area (Å²) in [5.41, 5.74) is 8.50. The van der Waals surface area contributed by atoms with Gasteiger partial charge in [0.15, 0.2) is 0 Å². The van der Waals surface area contributed by atoms with Crippen molar-refractivity contribution in [1.29, 1.82) is 0 Å². The van der Waals surface area contributed by atoms with Gasteiger partial charge in [0.2, 0.25) is 5.91 Å². The van der Waals surface area contributed by atoms with Gasteiger partial charge in [0, 0.05) is 17.1 Å². The number of carbonyl (C=O) groups is 1. The summed E-state index contributed by atoms with van der Waals surface area (Å²) in [5.74, 6) is -0.265. The first-order valence-corrected chi connectivity index (χ1v) is 6.25. The first-order chi connectivity index (χ1) is 9.74. The second kappa shape index (κ2) is 5.18. The van der Waals surface area contributed by atoms with Crippen LogP contribution in [0.25, 0.3) is 10.9 Å². The third-order valence-corrected chi connectivity index (χ3v) is 3.15. The van der Waals surface area contributed by atoms with Gasteiger partial charge in [-0.05, 0) is 18.1 Å². The molecule has 0 bridgehead atoms. The maximum atomic E-state index is 12.0. The van der Waals surface area contributed by atoms with Crippen LogP contribution in [0, 0.1) is 0 Å². The molecule has 2 heterocycles. The molecule has 3 aromatic rings. The molecule has 0 aliphatic rings. The van der Waals surface area contributed by atoms with Gasteiger partial charge in [-0.1, -0.05) is 23.4 Å². The molecular formula is C14H14N4O2. The number of fused-ring (bicyclic) bond motifs is 1. The maximum Gasteiger partial charge on any atom is 0.241 e. The molecule has 102 valence electrons. The number of carbonyl (C=O) groups excluding carboxylic acids is 1. The average Bonchev–Trinajstić information content (AvgIpc) is 3.09. The highest BCUT2D eigenvalue weighted by Crippen LogP contribution is 2.19. The quantitative estimate of drug-likeness (QED) is 0.671. The predicted molar refractivity (Wildman–Crippen MR) is 75.1 cm³/mol. The van der Waals surface area contributed by atoms with Crippen molar-refractivity contribution < 1.29 is 9.32 Å². The van der Waals surface area contributed by atoms with Crippen LogP contribution in [0.1, 0.15) is 5.56 Å². The summed E-state index contributed by atoms with van der Waals surface area (Å²) in [5, 5.41) is 7.25. The minimum Gasteiger partial charge on any atom is -0.363 e. The summed E-state index contributed by atoms with van der Waals surface area (Å²) in [4.78, 5) is 15.1. The van der Waals surface area contributed by atoms with E-state index < -0.39 is 6.04 Å². The predicted octanol–water partition coefficient (Wildman–Crippen LogP) is 1.66. The van der Waals surface area contributed by atoms with E-state index in [0.29, 0.717) is 12.1 Å². The number of amides is 1. The number of nitrogens with two attached hydrogens (primary N) is 1. The van der Waals surface area contributed by atoms with E-state index in [0.717, 1.165) is 16.5 Å². The van der Waals surface area contributed by atoms with Crippen LogP contribution >= 0.6 is 0 Å². The Balaban J connectivity index is 1.72. The molecule has 2 aromatic heterocycles. The fourth-order valence-electron chi connectivity index (χ4n) is 2.13. The van der Waals surface area contributed by atoms with Crippen molar-refractivity contribution in [3.05, 3.63) is 48.5 Å². The zero-order valence-electron chi connectivity index (χ0n) is 10.7. The third kappa shape index (κ3) is 2.41.